The first-order valence-corrected chi connectivity index (χ1v) is 10.2. The zero-order chi connectivity index (χ0) is 21.5. The number of pyridine rings is 1. The SMILES string of the molecule is Cc1ccccc1-c1cc(N=C(N)NC=O)c2cc(OCCCC(C)C)ccc2n1. The van der Waals surface area contributed by atoms with E-state index < -0.39 is 0 Å². The summed E-state index contributed by atoms with van der Waals surface area (Å²) in [6, 6.07) is 15.7. The molecule has 0 atom stereocenters. The number of nitrogens with two attached hydrogens (primary N) is 1. The number of aliphatic imine (C=N–C) groups is 1. The number of carbonyl (C=O) groups excluding carboxylic acids is 1. The number of carbonyl (C=O) groups is 1. The van der Waals surface area contributed by atoms with Crippen molar-refractivity contribution in [1.82, 2.24) is 10.3 Å². The van der Waals surface area contributed by atoms with E-state index in [1.54, 1.807) is 0 Å². The number of hydrogen-bond acceptors (Lipinski definition) is 4. The maximum atomic E-state index is 10.7. The molecule has 1 aromatic heterocycles. The third-order valence-corrected chi connectivity index (χ3v) is 4.82. The molecule has 6 heteroatoms. The molecule has 0 aliphatic heterocycles. The van der Waals surface area contributed by atoms with Crippen molar-refractivity contribution < 1.29 is 9.53 Å². The van der Waals surface area contributed by atoms with Crippen LogP contribution < -0.4 is 15.8 Å². The molecule has 30 heavy (non-hydrogen) atoms. The van der Waals surface area contributed by atoms with E-state index in [0.717, 1.165) is 46.3 Å². The van der Waals surface area contributed by atoms with Gasteiger partial charge in [0, 0.05) is 10.9 Å². The molecule has 1 amide bonds. The summed E-state index contributed by atoms with van der Waals surface area (Å²) in [5.41, 5.74) is 10.2. The van der Waals surface area contributed by atoms with Gasteiger partial charge in [-0.05, 0) is 55.5 Å². The van der Waals surface area contributed by atoms with E-state index in [2.05, 4.69) is 24.2 Å². The van der Waals surface area contributed by atoms with Gasteiger partial charge in [0.1, 0.15) is 5.75 Å². The minimum absolute atomic E-state index is 0.0245. The number of hydrogen-bond donors (Lipinski definition) is 2. The average Bonchev–Trinajstić information content (AvgIpc) is 2.71. The first-order valence-electron chi connectivity index (χ1n) is 10.2. The first kappa shape index (κ1) is 21.3. The topological polar surface area (TPSA) is 89.6 Å². The number of ether oxygens (including phenoxy) is 1. The van der Waals surface area contributed by atoms with Gasteiger partial charge in [-0.25, -0.2) is 9.98 Å². The highest BCUT2D eigenvalue weighted by atomic mass is 16.5. The Kier molecular flexibility index (Phi) is 7.01. The number of nitrogens with zero attached hydrogens (tertiary/aromatic N) is 2. The molecule has 0 radical (unpaired) electrons. The molecule has 3 aromatic rings. The van der Waals surface area contributed by atoms with E-state index in [0.29, 0.717) is 24.6 Å². The van der Waals surface area contributed by atoms with Gasteiger partial charge < -0.3 is 10.5 Å². The second-order valence-corrected chi connectivity index (χ2v) is 7.66. The number of aromatic nitrogens is 1. The number of fused-ring (bicyclic) bond motifs is 1. The van der Waals surface area contributed by atoms with Crippen LogP contribution in [0.2, 0.25) is 0 Å². The monoisotopic (exact) mass is 404 g/mol. The van der Waals surface area contributed by atoms with Crippen LogP contribution in [0.3, 0.4) is 0 Å². The van der Waals surface area contributed by atoms with Crippen molar-refractivity contribution in [1.29, 1.82) is 0 Å². The van der Waals surface area contributed by atoms with Crippen LogP contribution in [0.1, 0.15) is 32.3 Å². The highest BCUT2D eigenvalue weighted by molar-refractivity contribution is 5.97. The molecule has 156 valence electrons. The normalized spacial score (nSPS) is 11.7. The predicted octanol–water partition coefficient (Wildman–Crippen LogP) is 4.72. The van der Waals surface area contributed by atoms with Gasteiger partial charge in [0.15, 0.2) is 5.96 Å². The number of aryl methyl sites for hydroxylation is 1. The number of nitrogens with one attached hydrogen (secondary N) is 1. The summed E-state index contributed by atoms with van der Waals surface area (Å²) in [5.74, 6) is 1.44. The molecule has 0 saturated heterocycles. The zero-order valence-electron chi connectivity index (χ0n) is 17.7. The molecule has 3 N–H and O–H groups in total. The van der Waals surface area contributed by atoms with Crippen LogP contribution >= 0.6 is 0 Å². The summed E-state index contributed by atoms with van der Waals surface area (Å²) >= 11 is 0. The van der Waals surface area contributed by atoms with Gasteiger partial charge in [-0.2, -0.15) is 0 Å². The molecule has 0 fully saturated rings. The van der Waals surface area contributed by atoms with Gasteiger partial charge in [0.25, 0.3) is 0 Å². The Bertz CT molecular complexity index is 1060. The van der Waals surface area contributed by atoms with Gasteiger partial charge >= 0.3 is 0 Å². The highest BCUT2D eigenvalue weighted by Crippen LogP contribution is 2.33. The Morgan fingerprint density at radius 1 is 1.23 bits per heavy atom. The van der Waals surface area contributed by atoms with Crippen LogP contribution in [0.4, 0.5) is 5.69 Å². The highest BCUT2D eigenvalue weighted by Gasteiger charge is 2.11. The van der Waals surface area contributed by atoms with Gasteiger partial charge in [0.2, 0.25) is 6.41 Å². The molecule has 0 aliphatic carbocycles. The third-order valence-electron chi connectivity index (χ3n) is 4.82. The number of amides is 1. The second kappa shape index (κ2) is 9.87. The minimum Gasteiger partial charge on any atom is -0.494 e. The van der Waals surface area contributed by atoms with Gasteiger partial charge in [-0.15, -0.1) is 0 Å². The lowest BCUT2D eigenvalue weighted by molar-refractivity contribution is -0.108. The van der Waals surface area contributed by atoms with Crippen molar-refractivity contribution in [2.75, 3.05) is 6.61 Å². The van der Waals surface area contributed by atoms with Gasteiger partial charge in [-0.1, -0.05) is 38.1 Å². The summed E-state index contributed by atoms with van der Waals surface area (Å²) < 4.78 is 5.93. The third kappa shape index (κ3) is 5.35. The molecule has 0 bridgehead atoms. The molecule has 0 saturated carbocycles. The minimum atomic E-state index is 0.0245. The average molecular weight is 405 g/mol. The number of guanidine groups is 1. The Balaban J connectivity index is 2.02. The number of benzene rings is 2. The summed E-state index contributed by atoms with van der Waals surface area (Å²) in [7, 11) is 0. The second-order valence-electron chi connectivity index (χ2n) is 7.66. The molecule has 6 nitrogen and oxygen atoms in total. The molecule has 0 unspecified atom stereocenters. The number of rotatable bonds is 8. The van der Waals surface area contributed by atoms with Crippen LogP contribution in [0.15, 0.2) is 53.5 Å². The molecule has 0 spiro atoms. The van der Waals surface area contributed by atoms with Crippen molar-refractivity contribution in [3.63, 3.8) is 0 Å². The maximum absolute atomic E-state index is 10.7. The first-order chi connectivity index (χ1) is 14.5. The van der Waals surface area contributed by atoms with E-state index in [1.807, 2.05) is 55.5 Å². The van der Waals surface area contributed by atoms with Crippen LogP contribution in [-0.2, 0) is 4.79 Å². The molecule has 1 heterocycles. The lowest BCUT2D eigenvalue weighted by atomic mass is 10.0. The van der Waals surface area contributed by atoms with Crippen molar-refractivity contribution in [2.24, 2.45) is 16.6 Å². The van der Waals surface area contributed by atoms with E-state index >= 15 is 0 Å². The van der Waals surface area contributed by atoms with E-state index in [1.165, 1.54) is 0 Å². The summed E-state index contributed by atoms with van der Waals surface area (Å²) in [6.07, 6.45) is 2.63. The molecule has 3 rings (SSSR count). The maximum Gasteiger partial charge on any atom is 0.213 e. The van der Waals surface area contributed by atoms with Crippen LogP contribution in [-0.4, -0.2) is 24.0 Å². The summed E-state index contributed by atoms with van der Waals surface area (Å²) in [5, 5.41) is 3.20. The van der Waals surface area contributed by atoms with E-state index in [9.17, 15) is 4.79 Å². The van der Waals surface area contributed by atoms with Gasteiger partial charge in [0.05, 0.1) is 23.5 Å². The lowest BCUT2D eigenvalue weighted by Crippen LogP contribution is -2.29. The fourth-order valence-electron chi connectivity index (χ4n) is 3.27. The van der Waals surface area contributed by atoms with Crippen molar-refractivity contribution in [3.8, 4) is 17.0 Å². The smallest absolute Gasteiger partial charge is 0.213 e. The Morgan fingerprint density at radius 3 is 2.77 bits per heavy atom. The van der Waals surface area contributed by atoms with Crippen LogP contribution in [0.25, 0.3) is 22.2 Å². The van der Waals surface area contributed by atoms with Crippen molar-refractivity contribution in [2.45, 2.75) is 33.6 Å². The van der Waals surface area contributed by atoms with E-state index in [-0.39, 0.29) is 5.96 Å². The zero-order valence-corrected chi connectivity index (χ0v) is 17.7. The fourth-order valence-corrected chi connectivity index (χ4v) is 3.27. The predicted molar refractivity (Wildman–Crippen MR) is 122 cm³/mol. The standard InChI is InChI=1S/C24H28N4O2/c1-16(2)7-6-12-30-18-10-11-21-20(13-18)23(28-24(25)26-15-29)14-22(27-21)19-9-5-4-8-17(19)3/h4-5,8-11,13-16H,6-7,12H2,1-3H3,(H3,25,26,27,28,29). The molecular weight excluding hydrogens is 376 g/mol. The lowest BCUT2D eigenvalue weighted by Gasteiger charge is -2.12. The van der Waals surface area contributed by atoms with Crippen molar-refractivity contribution >= 4 is 29.0 Å². The molecular formula is C24H28N4O2. The largest absolute Gasteiger partial charge is 0.494 e. The Hall–Kier alpha value is -3.41. The molecule has 0 aliphatic rings. The van der Waals surface area contributed by atoms with Crippen LogP contribution in [0, 0.1) is 12.8 Å². The quantitative estimate of drug-likeness (QED) is 0.246. The van der Waals surface area contributed by atoms with Gasteiger partial charge in [-0.3, -0.25) is 10.1 Å². The van der Waals surface area contributed by atoms with Crippen LogP contribution in [0.5, 0.6) is 5.75 Å². The Morgan fingerprint density at radius 2 is 2.03 bits per heavy atom. The van der Waals surface area contributed by atoms with Crippen molar-refractivity contribution in [3.05, 3.63) is 54.1 Å². The Labute approximate surface area is 177 Å². The summed E-state index contributed by atoms with van der Waals surface area (Å²) in [4.78, 5) is 20.0. The fraction of sp³-hybridized carbons (Fsp3) is 0.292. The molecule has 2 aromatic carbocycles. The van der Waals surface area contributed by atoms with E-state index in [4.69, 9.17) is 15.5 Å². The summed E-state index contributed by atoms with van der Waals surface area (Å²) in [6.45, 7) is 7.11.